The normalized spacial score (nSPS) is 17.0. The lowest BCUT2D eigenvalue weighted by atomic mass is 10.1. The van der Waals surface area contributed by atoms with E-state index in [2.05, 4.69) is 25.1 Å². The number of pyridine rings is 1. The number of nitrogens with zero attached hydrogens (tertiary/aromatic N) is 5. The van der Waals surface area contributed by atoms with Crippen molar-refractivity contribution in [3.05, 3.63) is 54.7 Å². The number of hydrogen-bond acceptors (Lipinski definition) is 6. The Morgan fingerprint density at radius 3 is 2.90 bits per heavy atom. The number of aromatic nitrogens is 5. The van der Waals surface area contributed by atoms with E-state index < -0.39 is 0 Å². The Bertz CT molecular complexity index is 1170. The van der Waals surface area contributed by atoms with Crippen LogP contribution in [0.5, 0.6) is 0 Å². The first-order valence-electron chi connectivity index (χ1n) is 9.61. The fourth-order valence-corrected chi connectivity index (χ4v) is 3.76. The monoisotopic (exact) mass is 389 g/mol. The van der Waals surface area contributed by atoms with E-state index in [1.54, 1.807) is 36.8 Å². The van der Waals surface area contributed by atoms with Crippen LogP contribution in [0.1, 0.15) is 12.8 Å². The summed E-state index contributed by atoms with van der Waals surface area (Å²) in [7, 11) is 0. The third kappa shape index (κ3) is 3.31. The zero-order chi connectivity index (χ0) is 19.8. The van der Waals surface area contributed by atoms with E-state index in [1.165, 1.54) is 6.07 Å². The van der Waals surface area contributed by atoms with E-state index in [0.29, 0.717) is 22.6 Å². The van der Waals surface area contributed by atoms with Gasteiger partial charge in [0.15, 0.2) is 0 Å². The van der Waals surface area contributed by atoms with Crippen LogP contribution >= 0.6 is 0 Å². The molecule has 3 N–H and O–H groups in total. The molecular weight excluding hydrogens is 369 g/mol. The van der Waals surface area contributed by atoms with Crippen molar-refractivity contribution in [1.29, 1.82) is 0 Å². The topological polar surface area (TPSA) is 96.6 Å². The maximum Gasteiger partial charge on any atom is 0.147 e. The van der Waals surface area contributed by atoms with Gasteiger partial charge < -0.3 is 10.6 Å². The molecule has 5 rings (SSSR count). The molecule has 0 saturated carbocycles. The second-order valence-electron chi connectivity index (χ2n) is 7.28. The van der Waals surface area contributed by atoms with E-state index in [9.17, 15) is 4.39 Å². The van der Waals surface area contributed by atoms with Gasteiger partial charge in [-0.25, -0.2) is 9.37 Å². The van der Waals surface area contributed by atoms with E-state index >= 15 is 0 Å². The largest absolute Gasteiger partial charge is 0.354 e. The Hall–Kier alpha value is -3.39. The molecule has 7 nitrogen and oxygen atoms in total. The van der Waals surface area contributed by atoms with Gasteiger partial charge in [0.1, 0.15) is 23.0 Å². The van der Waals surface area contributed by atoms with Crippen molar-refractivity contribution in [2.45, 2.75) is 18.9 Å². The summed E-state index contributed by atoms with van der Waals surface area (Å²) in [5.74, 6) is 0.476. The Labute approximate surface area is 166 Å². The average Bonchev–Trinajstić information content (AvgIpc) is 3.17. The third-order valence-electron chi connectivity index (χ3n) is 5.24. The number of hydrogen-bond donors (Lipinski definition) is 2. The summed E-state index contributed by atoms with van der Waals surface area (Å²) in [5, 5.41) is 8.01. The number of fused-ring (bicyclic) bond motifs is 1. The van der Waals surface area contributed by atoms with Crippen LogP contribution in [0.4, 0.5) is 10.2 Å². The number of anilines is 1. The molecule has 1 saturated heterocycles. The molecule has 3 aromatic heterocycles. The van der Waals surface area contributed by atoms with Crippen LogP contribution in [-0.4, -0.2) is 44.3 Å². The maximum atomic E-state index is 14.3. The molecule has 8 heteroatoms. The van der Waals surface area contributed by atoms with Gasteiger partial charge in [0.05, 0.1) is 29.8 Å². The number of nitrogens with one attached hydrogen (secondary N) is 1. The molecule has 0 aliphatic carbocycles. The summed E-state index contributed by atoms with van der Waals surface area (Å²) in [6.45, 7) is 1.68. The standard InChI is InChI=1S/C21H20FN7/c22-16-6-2-1-5-14(16)21-15-8-17(25-10-18(15)27-28-21)19-9-24-11-20(26-19)29-7-3-4-13(23)12-29/h1-2,5-6,8-11,13H,3-4,7,12,23H2,(H,27,28). The van der Waals surface area contributed by atoms with Gasteiger partial charge in [0.2, 0.25) is 0 Å². The van der Waals surface area contributed by atoms with Gasteiger partial charge in [-0.05, 0) is 31.0 Å². The number of benzene rings is 1. The smallest absolute Gasteiger partial charge is 0.147 e. The lowest BCUT2D eigenvalue weighted by Crippen LogP contribution is -2.43. The zero-order valence-electron chi connectivity index (χ0n) is 15.7. The molecule has 1 atom stereocenters. The van der Waals surface area contributed by atoms with Crippen molar-refractivity contribution in [2.24, 2.45) is 5.73 Å². The van der Waals surface area contributed by atoms with Crippen LogP contribution in [0, 0.1) is 5.82 Å². The molecule has 0 spiro atoms. The number of piperidine rings is 1. The highest BCUT2D eigenvalue weighted by Gasteiger charge is 2.19. The molecular formula is C21H20FN7. The second kappa shape index (κ2) is 7.21. The molecule has 1 fully saturated rings. The number of H-pyrrole nitrogens is 1. The van der Waals surface area contributed by atoms with Crippen molar-refractivity contribution in [1.82, 2.24) is 25.1 Å². The van der Waals surface area contributed by atoms with Gasteiger partial charge >= 0.3 is 0 Å². The Kier molecular flexibility index (Phi) is 4.40. The Morgan fingerprint density at radius 1 is 1.14 bits per heavy atom. The van der Waals surface area contributed by atoms with Crippen molar-refractivity contribution >= 4 is 16.7 Å². The predicted molar refractivity (Wildman–Crippen MR) is 110 cm³/mol. The predicted octanol–water partition coefficient (Wildman–Crippen LogP) is 3.15. The lowest BCUT2D eigenvalue weighted by molar-refractivity contribution is 0.503. The molecule has 1 unspecified atom stereocenters. The highest BCUT2D eigenvalue weighted by Crippen LogP contribution is 2.30. The van der Waals surface area contributed by atoms with Gasteiger partial charge in [-0.1, -0.05) is 12.1 Å². The van der Waals surface area contributed by atoms with Gasteiger partial charge in [0.25, 0.3) is 0 Å². The molecule has 1 aromatic carbocycles. The first-order chi connectivity index (χ1) is 14.2. The highest BCUT2D eigenvalue weighted by molar-refractivity contribution is 5.94. The number of aromatic amines is 1. The number of nitrogens with two attached hydrogens (primary N) is 1. The quantitative estimate of drug-likeness (QED) is 0.559. The minimum absolute atomic E-state index is 0.151. The minimum Gasteiger partial charge on any atom is -0.354 e. The van der Waals surface area contributed by atoms with Gasteiger partial charge in [-0.2, -0.15) is 5.10 Å². The zero-order valence-corrected chi connectivity index (χ0v) is 15.7. The van der Waals surface area contributed by atoms with Crippen LogP contribution in [-0.2, 0) is 0 Å². The van der Waals surface area contributed by atoms with Crippen LogP contribution in [0.15, 0.2) is 48.9 Å². The number of halogens is 1. The molecule has 1 aliphatic rings. The Balaban J connectivity index is 1.55. The van der Waals surface area contributed by atoms with E-state index in [1.807, 2.05) is 6.07 Å². The van der Waals surface area contributed by atoms with Crippen LogP contribution in [0.25, 0.3) is 33.5 Å². The summed E-state index contributed by atoms with van der Waals surface area (Å²) in [5.41, 5.74) is 9.14. The Morgan fingerprint density at radius 2 is 2.03 bits per heavy atom. The van der Waals surface area contributed by atoms with Gasteiger partial charge in [-0.3, -0.25) is 15.1 Å². The summed E-state index contributed by atoms with van der Waals surface area (Å²) in [4.78, 5) is 15.8. The first kappa shape index (κ1) is 17.7. The van der Waals surface area contributed by atoms with Crippen molar-refractivity contribution < 1.29 is 4.39 Å². The molecule has 4 heterocycles. The van der Waals surface area contributed by atoms with Crippen molar-refractivity contribution in [3.63, 3.8) is 0 Å². The van der Waals surface area contributed by atoms with E-state index in [0.717, 1.165) is 42.7 Å². The van der Waals surface area contributed by atoms with Crippen LogP contribution in [0.3, 0.4) is 0 Å². The number of rotatable bonds is 3. The highest BCUT2D eigenvalue weighted by atomic mass is 19.1. The summed E-state index contributed by atoms with van der Waals surface area (Å²) in [6, 6.07) is 8.61. The average molecular weight is 389 g/mol. The molecule has 29 heavy (non-hydrogen) atoms. The molecule has 4 aromatic rings. The summed E-state index contributed by atoms with van der Waals surface area (Å²) in [6.07, 6.45) is 7.19. The van der Waals surface area contributed by atoms with Gasteiger partial charge in [-0.15, -0.1) is 0 Å². The maximum absolute atomic E-state index is 14.3. The van der Waals surface area contributed by atoms with Crippen molar-refractivity contribution in [3.8, 4) is 22.6 Å². The SMILES string of the molecule is NC1CCCN(c2cncc(-c3cc4c(-c5ccccc5F)n[nH]c4cn3)n2)C1. The van der Waals surface area contributed by atoms with E-state index in [-0.39, 0.29) is 11.9 Å². The fourth-order valence-electron chi connectivity index (χ4n) is 3.76. The molecule has 0 radical (unpaired) electrons. The summed E-state index contributed by atoms with van der Waals surface area (Å²) < 4.78 is 14.3. The van der Waals surface area contributed by atoms with E-state index in [4.69, 9.17) is 10.7 Å². The fraction of sp³-hybridized carbons (Fsp3) is 0.238. The van der Waals surface area contributed by atoms with Crippen molar-refractivity contribution in [2.75, 3.05) is 18.0 Å². The molecule has 1 aliphatic heterocycles. The molecule has 0 amide bonds. The molecule has 146 valence electrons. The molecule has 0 bridgehead atoms. The van der Waals surface area contributed by atoms with Crippen LogP contribution in [0.2, 0.25) is 0 Å². The third-order valence-corrected chi connectivity index (χ3v) is 5.24. The lowest BCUT2D eigenvalue weighted by Gasteiger charge is -2.31. The summed E-state index contributed by atoms with van der Waals surface area (Å²) >= 11 is 0. The first-order valence-corrected chi connectivity index (χ1v) is 9.61. The van der Waals surface area contributed by atoms with Gasteiger partial charge in [0, 0.05) is 30.1 Å². The van der Waals surface area contributed by atoms with Crippen LogP contribution < -0.4 is 10.6 Å². The minimum atomic E-state index is -0.317. The second-order valence-corrected chi connectivity index (χ2v) is 7.28.